The molecule has 2 aromatic heterocycles. The van der Waals surface area contributed by atoms with Gasteiger partial charge >= 0.3 is 7.60 Å². The van der Waals surface area contributed by atoms with E-state index >= 15 is 0 Å². The van der Waals surface area contributed by atoms with E-state index in [2.05, 4.69) is 19.9 Å². The molecule has 1 atom stereocenters. The molecular weight excluding hydrogens is 577 g/mol. The van der Waals surface area contributed by atoms with Crippen molar-refractivity contribution in [2.75, 3.05) is 30.9 Å². The minimum atomic E-state index is -4.56. The molecule has 0 aliphatic rings. The van der Waals surface area contributed by atoms with Crippen LogP contribution in [-0.2, 0) is 25.4 Å². The van der Waals surface area contributed by atoms with Crippen LogP contribution in [-0.4, -0.2) is 55.4 Å². The molecule has 0 saturated heterocycles. The summed E-state index contributed by atoms with van der Waals surface area (Å²) in [6, 6.07) is 29.7. The molecule has 2 heterocycles. The number of fused-ring (bicyclic) bond motifs is 1. The van der Waals surface area contributed by atoms with Gasteiger partial charge in [0.05, 0.1) is 12.9 Å². The number of hydrogen-bond donors (Lipinski definition) is 2. The third-order valence-corrected chi connectivity index (χ3v) is 8.39. The van der Waals surface area contributed by atoms with Crippen LogP contribution >= 0.6 is 7.60 Å². The van der Waals surface area contributed by atoms with Gasteiger partial charge in [-0.25, -0.2) is 15.0 Å². The lowest BCUT2D eigenvalue weighted by Crippen LogP contribution is -2.45. The summed E-state index contributed by atoms with van der Waals surface area (Å²) in [7, 11) is -4.56. The van der Waals surface area contributed by atoms with Crippen LogP contribution in [0.3, 0.4) is 0 Å². The lowest BCUT2D eigenvalue weighted by atomic mass is 9.80. The molecule has 10 nitrogen and oxygen atoms in total. The molecule has 2 N–H and O–H groups in total. The van der Waals surface area contributed by atoms with Gasteiger partial charge in [-0.1, -0.05) is 97.9 Å². The van der Waals surface area contributed by atoms with Crippen molar-refractivity contribution < 1.29 is 23.8 Å². The maximum Gasteiger partial charge on any atom is 0.351 e. The zero-order valence-electron chi connectivity index (χ0n) is 25.2. The number of nitrogens with zero attached hydrogens (tertiary/aromatic N) is 5. The summed E-state index contributed by atoms with van der Waals surface area (Å²) in [5, 5.41) is 0. The fraction of sp³-hybridized carbons (Fsp3) is 0.303. The van der Waals surface area contributed by atoms with E-state index in [-0.39, 0.29) is 13.0 Å². The van der Waals surface area contributed by atoms with Crippen LogP contribution < -0.4 is 4.90 Å². The standard InChI is InChI=1S/C33H38N5O5P/c1-4-32(43-25-44(39,40)41,38-24-36-29-30(37(5-2)6-3)34-23-35-31(29)38)22-42-33(26-16-10-7-11-17-26,27-18-12-8-13-19-27)28-20-14-9-15-21-28/h7-21,23-24H,4-6,22,25H2,1-3H3,(H2,39,40,41). The largest absolute Gasteiger partial charge is 0.356 e. The minimum Gasteiger partial charge on any atom is -0.356 e. The summed E-state index contributed by atoms with van der Waals surface area (Å²) >= 11 is 0. The summed E-state index contributed by atoms with van der Waals surface area (Å²) in [6.45, 7) is 7.31. The molecule has 0 aliphatic carbocycles. The van der Waals surface area contributed by atoms with Gasteiger partial charge in [0.2, 0.25) is 0 Å². The molecular formula is C33H38N5O5P. The maximum absolute atomic E-state index is 12.2. The predicted molar refractivity (Wildman–Crippen MR) is 170 cm³/mol. The molecule has 3 aromatic carbocycles. The van der Waals surface area contributed by atoms with Crippen molar-refractivity contribution in [3.63, 3.8) is 0 Å². The fourth-order valence-corrected chi connectivity index (χ4v) is 6.03. The van der Waals surface area contributed by atoms with Gasteiger partial charge in [-0.3, -0.25) is 9.13 Å². The molecule has 0 fully saturated rings. The quantitative estimate of drug-likeness (QED) is 0.116. The zero-order chi connectivity index (χ0) is 31.2. The van der Waals surface area contributed by atoms with Crippen molar-refractivity contribution >= 4 is 24.6 Å². The van der Waals surface area contributed by atoms with Gasteiger partial charge < -0.3 is 24.2 Å². The van der Waals surface area contributed by atoms with Gasteiger partial charge in [0, 0.05) is 13.1 Å². The average molecular weight is 616 g/mol. The molecule has 5 rings (SSSR count). The molecule has 0 aliphatic heterocycles. The molecule has 1 unspecified atom stereocenters. The fourth-order valence-electron chi connectivity index (χ4n) is 5.62. The van der Waals surface area contributed by atoms with Gasteiger partial charge in [0.25, 0.3) is 0 Å². The Labute approximate surface area is 257 Å². The Hall–Kier alpha value is -3.92. The van der Waals surface area contributed by atoms with Crippen LogP contribution in [0.4, 0.5) is 5.82 Å². The van der Waals surface area contributed by atoms with E-state index in [0.29, 0.717) is 17.0 Å². The van der Waals surface area contributed by atoms with Crippen molar-refractivity contribution in [3.05, 3.63) is 120 Å². The first-order valence-electron chi connectivity index (χ1n) is 14.7. The highest BCUT2D eigenvalue weighted by atomic mass is 31.2. The number of ether oxygens (including phenoxy) is 2. The van der Waals surface area contributed by atoms with Crippen LogP contribution in [0.25, 0.3) is 11.2 Å². The molecule has 0 saturated carbocycles. The number of imidazole rings is 1. The Morgan fingerprint density at radius 3 is 1.75 bits per heavy atom. The number of anilines is 1. The number of aromatic nitrogens is 4. The molecule has 0 radical (unpaired) electrons. The third kappa shape index (κ3) is 6.18. The van der Waals surface area contributed by atoms with E-state index in [9.17, 15) is 14.4 Å². The monoisotopic (exact) mass is 615 g/mol. The molecule has 0 bridgehead atoms. The smallest absolute Gasteiger partial charge is 0.351 e. The van der Waals surface area contributed by atoms with Gasteiger partial charge in [-0.05, 0) is 37.0 Å². The Morgan fingerprint density at radius 1 is 0.773 bits per heavy atom. The van der Waals surface area contributed by atoms with Gasteiger partial charge in [0.15, 0.2) is 29.1 Å². The molecule has 230 valence electrons. The van der Waals surface area contributed by atoms with Crippen molar-refractivity contribution in [1.29, 1.82) is 0 Å². The highest BCUT2D eigenvalue weighted by molar-refractivity contribution is 7.51. The number of rotatable bonds is 14. The van der Waals surface area contributed by atoms with Gasteiger partial charge in [-0.15, -0.1) is 0 Å². The Morgan fingerprint density at radius 2 is 1.30 bits per heavy atom. The molecule has 11 heteroatoms. The Kier molecular flexibility index (Phi) is 9.58. The summed E-state index contributed by atoms with van der Waals surface area (Å²) in [5.74, 6) is 0.673. The van der Waals surface area contributed by atoms with E-state index in [4.69, 9.17) is 9.47 Å². The maximum atomic E-state index is 12.2. The second kappa shape index (κ2) is 13.4. The first-order valence-corrected chi connectivity index (χ1v) is 16.5. The highest BCUT2D eigenvalue weighted by Gasteiger charge is 2.43. The van der Waals surface area contributed by atoms with Crippen LogP contribution in [0.1, 0.15) is 43.9 Å². The summed E-state index contributed by atoms with van der Waals surface area (Å²) < 4.78 is 27.2. The number of benzene rings is 3. The lowest BCUT2D eigenvalue weighted by molar-refractivity contribution is -0.164. The predicted octanol–water partition coefficient (Wildman–Crippen LogP) is 5.90. The van der Waals surface area contributed by atoms with E-state index in [1.165, 1.54) is 6.33 Å². The van der Waals surface area contributed by atoms with Crippen LogP contribution in [0.2, 0.25) is 0 Å². The van der Waals surface area contributed by atoms with Crippen molar-refractivity contribution in [1.82, 2.24) is 19.5 Å². The molecule has 0 amide bonds. The topological polar surface area (TPSA) is 123 Å². The van der Waals surface area contributed by atoms with Gasteiger partial charge in [0.1, 0.15) is 11.9 Å². The average Bonchev–Trinajstić information content (AvgIpc) is 3.50. The molecule has 44 heavy (non-hydrogen) atoms. The second-order valence-corrected chi connectivity index (χ2v) is 12.0. The summed E-state index contributed by atoms with van der Waals surface area (Å²) in [5.41, 5.74) is 1.22. The Bertz CT molecular complexity index is 1600. The Balaban J connectivity index is 1.70. The molecule has 5 aromatic rings. The summed E-state index contributed by atoms with van der Waals surface area (Å²) in [6.07, 6.45) is 2.54. The lowest BCUT2D eigenvalue weighted by Gasteiger charge is -2.41. The normalized spacial score (nSPS) is 13.6. The highest BCUT2D eigenvalue weighted by Crippen LogP contribution is 2.44. The second-order valence-electron chi connectivity index (χ2n) is 10.5. The van der Waals surface area contributed by atoms with Crippen molar-refractivity contribution in [3.8, 4) is 0 Å². The SMILES string of the molecule is CCN(CC)c1ncnc2c1ncn2C(CC)(COC(c1ccccc1)(c1ccccc1)c1ccccc1)OCP(=O)(O)O. The van der Waals surface area contributed by atoms with E-state index in [1.807, 2.05) is 112 Å². The third-order valence-electron chi connectivity index (χ3n) is 7.93. The van der Waals surface area contributed by atoms with Crippen LogP contribution in [0, 0.1) is 0 Å². The molecule has 0 spiro atoms. The zero-order valence-corrected chi connectivity index (χ0v) is 26.0. The van der Waals surface area contributed by atoms with E-state index in [0.717, 1.165) is 29.8 Å². The van der Waals surface area contributed by atoms with Crippen molar-refractivity contribution in [2.24, 2.45) is 0 Å². The first-order chi connectivity index (χ1) is 21.3. The van der Waals surface area contributed by atoms with Crippen molar-refractivity contribution in [2.45, 2.75) is 38.5 Å². The van der Waals surface area contributed by atoms with E-state index < -0.39 is 25.3 Å². The van der Waals surface area contributed by atoms with Crippen LogP contribution in [0.15, 0.2) is 104 Å². The van der Waals surface area contributed by atoms with E-state index in [1.54, 1.807) is 10.9 Å². The van der Waals surface area contributed by atoms with Gasteiger partial charge in [-0.2, -0.15) is 0 Å². The first kappa shape index (κ1) is 31.5. The van der Waals surface area contributed by atoms with Crippen LogP contribution in [0.5, 0.6) is 0 Å². The number of hydrogen-bond acceptors (Lipinski definition) is 7. The summed E-state index contributed by atoms with van der Waals surface area (Å²) in [4.78, 5) is 35.7. The minimum absolute atomic E-state index is 0.0990.